The van der Waals surface area contributed by atoms with E-state index in [0.29, 0.717) is 18.4 Å². The average Bonchev–Trinajstić information content (AvgIpc) is 2.21. The fraction of sp³-hybridized carbons (Fsp3) is 0.846. The van der Waals surface area contributed by atoms with Crippen LogP contribution >= 0.6 is 0 Å². The molecule has 0 radical (unpaired) electrons. The average molecular weight is 239 g/mol. The largest absolute Gasteiger partial charge is 0.312 e. The van der Waals surface area contributed by atoms with E-state index in [1.54, 1.807) is 0 Å². The highest BCUT2D eigenvalue weighted by Crippen LogP contribution is 2.11. The number of hydrogen-bond donors (Lipinski definition) is 2. The van der Waals surface area contributed by atoms with E-state index in [4.69, 9.17) is 0 Å². The standard InChI is InChI=1S/C13H25N3O/c1-8(2)6-11-13(15-10(5)9(3)4)16-12(17)7-14-11/h8-11,14H,6-7H2,1-5H3,(H,15,16,17)/t10-,11-/m1/s1. The lowest BCUT2D eigenvalue weighted by atomic mass is 10.0. The van der Waals surface area contributed by atoms with Gasteiger partial charge in [0.25, 0.3) is 0 Å². The van der Waals surface area contributed by atoms with Crippen molar-refractivity contribution in [3.8, 4) is 0 Å². The third-order valence-corrected chi connectivity index (χ3v) is 3.12. The molecule has 17 heavy (non-hydrogen) atoms. The van der Waals surface area contributed by atoms with Crippen LogP contribution in [0.3, 0.4) is 0 Å². The molecule has 1 amide bonds. The van der Waals surface area contributed by atoms with Gasteiger partial charge in [-0.2, -0.15) is 0 Å². The number of amidine groups is 1. The van der Waals surface area contributed by atoms with Crippen molar-refractivity contribution in [3.63, 3.8) is 0 Å². The third-order valence-electron chi connectivity index (χ3n) is 3.12. The summed E-state index contributed by atoms with van der Waals surface area (Å²) in [6.45, 7) is 11.1. The summed E-state index contributed by atoms with van der Waals surface area (Å²) in [7, 11) is 0. The van der Waals surface area contributed by atoms with Crippen LogP contribution in [0.15, 0.2) is 4.99 Å². The molecule has 4 heteroatoms. The monoisotopic (exact) mass is 239 g/mol. The first kappa shape index (κ1) is 14.2. The van der Waals surface area contributed by atoms with Crippen molar-refractivity contribution in [1.29, 1.82) is 0 Å². The van der Waals surface area contributed by atoms with E-state index in [9.17, 15) is 4.79 Å². The predicted molar refractivity (Wildman–Crippen MR) is 71.1 cm³/mol. The van der Waals surface area contributed by atoms with Gasteiger partial charge >= 0.3 is 0 Å². The van der Waals surface area contributed by atoms with Crippen molar-refractivity contribution in [2.75, 3.05) is 6.54 Å². The van der Waals surface area contributed by atoms with Gasteiger partial charge in [0.15, 0.2) is 0 Å². The zero-order valence-corrected chi connectivity index (χ0v) is 11.6. The third kappa shape index (κ3) is 4.46. The molecule has 1 rings (SSSR count). The lowest BCUT2D eigenvalue weighted by molar-refractivity contribution is -0.119. The van der Waals surface area contributed by atoms with Gasteiger partial charge in [-0.25, -0.2) is 0 Å². The second kappa shape index (κ2) is 6.15. The van der Waals surface area contributed by atoms with Gasteiger partial charge in [0.2, 0.25) is 5.91 Å². The topological polar surface area (TPSA) is 53.5 Å². The first-order chi connectivity index (χ1) is 7.90. The van der Waals surface area contributed by atoms with Crippen LogP contribution in [0, 0.1) is 11.8 Å². The van der Waals surface area contributed by atoms with Gasteiger partial charge in [-0.05, 0) is 25.2 Å². The summed E-state index contributed by atoms with van der Waals surface area (Å²) in [6, 6.07) is 0.425. The highest BCUT2D eigenvalue weighted by atomic mass is 16.2. The number of amides is 1. The quantitative estimate of drug-likeness (QED) is 0.782. The fourth-order valence-corrected chi connectivity index (χ4v) is 1.74. The molecule has 98 valence electrons. The Bertz CT molecular complexity index is 297. The van der Waals surface area contributed by atoms with Gasteiger partial charge in [0, 0.05) is 0 Å². The van der Waals surface area contributed by atoms with Crippen molar-refractivity contribution in [2.45, 2.75) is 53.1 Å². The predicted octanol–water partition coefficient (Wildman–Crippen LogP) is 1.56. The molecule has 0 aromatic rings. The van der Waals surface area contributed by atoms with Gasteiger partial charge in [-0.1, -0.05) is 27.7 Å². The molecular weight excluding hydrogens is 214 g/mol. The summed E-state index contributed by atoms with van der Waals surface area (Å²) in [5.41, 5.74) is 0. The zero-order chi connectivity index (χ0) is 13.0. The SMILES string of the molecule is CC(C)C[C@H]1NCC(=O)NC1=N[C@H](C)C(C)C. The number of rotatable bonds is 4. The van der Waals surface area contributed by atoms with E-state index >= 15 is 0 Å². The molecule has 0 unspecified atom stereocenters. The fourth-order valence-electron chi connectivity index (χ4n) is 1.74. The lowest BCUT2D eigenvalue weighted by Crippen LogP contribution is -2.56. The smallest absolute Gasteiger partial charge is 0.239 e. The maximum absolute atomic E-state index is 11.4. The van der Waals surface area contributed by atoms with Crippen LogP contribution in [0.25, 0.3) is 0 Å². The normalized spacial score (nSPS) is 25.5. The molecule has 0 bridgehead atoms. The van der Waals surface area contributed by atoms with E-state index in [1.165, 1.54) is 0 Å². The van der Waals surface area contributed by atoms with Crippen LogP contribution in [-0.2, 0) is 4.79 Å². The zero-order valence-electron chi connectivity index (χ0n) is 11.6. The summed E-state index contributed by atoms with van der Waals surface area (Å²) in [5.74, 6) is 1.90. The van der Waals surface area contributed by atoms with Gasteiger partial charge in [0.1, 0.15) is 5.84 Å². The Morgan fingerprint density at radius 2 is 1.94 bits per heavy atom. The Kier molecular flexibility index (Phi) is 5.12. The Hall–Kier alpha value is -0.900. The van der Waals surface area contributed by atoms with Crippen LogP contribution in [0.5, 0.6) is 0 Å². The van der Waals surface area contributed by atoms with Crippen LogP contribution in [0.4, 0.5) is 0 Å². The van der Waals surface area contributed by atoms with Crippen LogP contribution in [0.2, 0.25) is 0 Å². The molecule has 1 heterocycles. The molecule has 1 saturated heterocycles. The minimum atomic E-state index is 0.0136. The lowest BCUT2D eigenvalue weighted by Gasteiger charge is -2.28. The minimum Gasteiger partial charge on any atom is -0.312 e. The number of nitrogens with one attached hydrogen (secondary N) is 2. The Morgan fingerprint density at radius 3 is 2.47 bits per heavy atom. The summed E-state index contributed by atoms with van der Waals surface area (Å²) >= 11 is 0. The highest BCUT2D eigenvalue weighted by molar-refractivity contribution is 6.04. The molecule has 4 nitrogen and oxygen atoms in total. The van der Waals surface area contributed by atoms with Gasteiger partial charge in [-0.15, -0.1) is 0 Å². The number of carbonyl (C=O) groups is 1. The first-order valence-electron chi connectivity index (χ1n) is 6.51. The first-order valence-corrected chi connectivity index (χ1v) is 6.51. The summed E-state index contributed by atoms with van der Waals surface area (Å²) < 4.78 is 0. The Morgan fingerprint density at radius 1 is 1.29 bits per heavy atom. The highest BCUT2D eigenvalue weighted by Gasteiger charge is 2.25. The maximum atomic E-state index is 11.4. The number of hydrogen-bond acceptors (Lipinski definition) is 3. The van der Waals surface area contributed by atoms with E-state index < -0.39 is 0 Å². The van der Waals surface area contributed by atoms with E-state index in [-0.39, 0.29) is 18.0 Å². The van der Waals surface area contributed by atoms with Crippen LogP contribution < -0.4 is 10.6 Å². The molecule has 0 aromatic carbocycles. The van der Waals surface area contributed by atoms with Gasteiger partial charge in [-0.3, -0.25) is 15.1 Å². The minimum absolute atomic E-state index is 0.0136. The summed E-state index contributed by atoms with van der Waals surface area (Å²) in [6.07, 6.45) is 1.00. The van der Waals surface area contributed by atoms with Crippen molar-refractivity contribution in [3.05, 3.63) is 0 Å². The molecule has 2 N–H and O–H groups in total. The number of nitrogens with zero attached hydrogens (tertiary/aromatic N) is 1. The van der Waals surface area contributed by atoms with Crippen LogP contribution in [0.1, 0.15) is 41.0 Å². The molecule has 0 spiro atoms. The number of piperazine rings is 1. The number of aliphatic imine (C=N–C) groups is 1. The number of carbonyl (C=O) groups excluding carboxylic acids is 1. The second-order valence-corrected chi connectivity index (χ2v) is 5.61. The summed E-state index contributed by atoms with van der Waals surface area (Å²) in [5, 5.41) is 6.16. The van der Waals surface area contributed by atoms with Crippen LogP contribution in [-0.4, -0.2) is 30.4 Å². The van der Waals surface area contributed by atoms with E-state index in [2.05, 4.69) is 50.2 Å². The van der Waals surface area contributed by atoms with Crippen molar-refractivity contribution < 1.29 is 4.79 Å². The Labute approximate surface area is 104 Å². The summed E-state index contributed by atoms with van der Waals surface area (Å²) in [4.78, 5) is 16.0. The Balaban J connectivity index is 2.77. The van der Waals surface area contributed by atoms with Gasteiger partial charge in [0.05, 0.1) is 18.6 Å². The second-order valence-electron chi connectivity index (χ2n) is 5.61. The molecule has 0 saturated carbocycles. The van der Waals surface area contributed by atoms with Crippen molar-refractivity contribution in [1.82, 2.24) is 10.6 Å². The molecule has 1 aliphatic rings. The molecule has 1 fully saturated rings. The van der Waals surface area contributed by atoms with Gasteiger partial charge < -0.3 is 5.32 Å². The van der Waals surface area contributed by atoms with E-state index in [0.717, 1.165) is 12.3 Å². The maximum Gasteiger partial charge on any atom is 0.239 e. The molecular formula is C13H25N3O. The van der Waals surface area contributed by atoms with E-state index in [1.807, 2.05) is 0 Å². The molecule has 1 aliphatic heterocycles. The molecule has 0 aliphatic carbocycles. The van der Waals surface area contributed by atoms with Crippen molar-refractivity contribution >= 4 is 11.7 Å². The molecule has 0 aromatic heterocycles. The van der Waals surface area contributed by atoms with Crippen molar-refractivity contribution in [2.24, 2.45) is 16.8 Å². The molecule has 2 atom stereocenters.